The van der Waals surface area contributed by atoms with Gasteiger partial charge in [-0.1, -0.05) is 0 Å². The van der Waals surface area contributed by atoms with E-state index in [1.165, 1.54) is 4.90 Å². The molecule has 17 heavy (non-hydrogen) atoms. The zero-order valence-electron chi connectivity index (χ0n) is 10.7. The first-order valence-corrected chi connectivity index (χ1v) is 5.74. The molecule has 6 heteroatoms. The van der Waals surface area contributed by atoms with Crippen LogP contribution in [0.2, 0.25) is 0 Å². The van der Waals surface area contributed by atoms with Gasteiger partial charge >= 0.3 is 6.09 Å². The minimum Gasteiger partial charge on any atom is -0.444 e. The molecule has 1 fully saturated rings. The third-order valence-corrected chi connectivity index (χ3v) is 2.39. The first kappa shape index (κ1) is 14.2. The Morgan fingerprint density at radius 2 is 2.24 bits per heavy atom. The molecule has 0 aromatic rings. The topological polar surface area (TPSA) is 85.0 Å². The lowest BCUT2D eigenvalue weighted by atomic mass is 10.1. The Hall–Kier alpha value is -0.850. The fourth-order valence-corrected chi connectivity index (χ4v) is 1.52. The van der Waals surface area contributed by atoms with Crippen LogP contribution in [-0.2, 0) is 9.47 Å². The monoisotopic (exact) mass is 246 g/mol. The van der Waals surface area contributed by atoms with Gasteiger partial charge in [0.25, 0.3) is 0 Å². The van der Waals surface area contributed by atoms with E-state index in [2.05, 4.69) is 0 Å². The maximum Gasteiger partial charge on any atom is 0.410 e. The maximum absolute atomic E-state index is 11.9. The number of hydrogen-bond acceptors (Lipinski definition) is 5. The molecule has 0 bridgehead atoms. The average Bonchev–Trinajstić information content (AvgIpc) is 2.39. The zero-order chi connectivity index (χ0) is 13.1. The molecule has 0 aliphatic carbocycles. The van der Waals surface area contributed by atoms with E-state index < -0.39 is 17.3 Å². The Morgan fingerprint density at radius 1 is 1.59 bits per heavy atom. The number of β-amino-alcohol motifs (C(OH)–C–C–N with tert-alkyl or cyclic N) is 1. The summed E-state index contributed by atoms with van der Waals surface area (Å²) >= 11 is 0. The van der Waals surface area contributed by atoms with Gasteiger partial charge in [-0.2, -0.15) is 0 Å². The second-order valence-electron chi connectivity index (χ2n) is 5.38. The minimum absolute atomic E-state index is 0.0479. The van der Waals surface area contributed by atoms with Crippen LogP contribution in [0, 0.1) is 0 Å². The van der Waals surface area contributed by atoms with Crippen molar-refractivity contribution in [3.8, 4) is 0 Å². The second kappa shape index (κ2) is 5.20. The molecule has 1 saturated heterocycles. The van der Waals surface area contributed by atoms with E-state index in [-0.39, 0.29) is 19.7 Å². The van der Waals surface area contributed by atoms with Crippen molar-refractivity contribution in [2.45, 2.75) is 32.0 Å². The molecule has 1 aliphatic heterocycles. The van der Waals surface area contributed by atoms with Gasteiger partial charge in [-0.15, -0.1) is 0 Å². The Bertz CT molecular complexity index is 277. The van der Waals surface area contributed by atoms with Crippen molar-refractivity contribution in [2.24, 2.45) is 5.73 Å². The predicted molar refractivity (Wildman–Crippen MR) is 62.6 cm³/mol. The first-order valence-electron chi connectivity index (χ1n) is 5.74. The van der Waals surface area contributed by atoms with Gasteiger partial charge in [0.2, 0.25) is 0 Å². The summed E-state index contributed by atoms with van der Waals surface area (Å²) in [6.45, 7) is 6.50. The standard InChI is InChI=1S/C11H22N2O4/c1-10(2,3)17-9(14)13-4-5-16-8-11(15,6-12)7-13/h15H,4-8,12H2,1-3H3. The first-order chi connectivity index (χ1) is 7.76. The number of nitrogens with two attached hydrogens (primary N) is 1. The van der Waals surface area contributed by atoms with Crippen molar-refractivity contribution in [1.29, 1.82) is 0 Å². The van der Waals surface area contributed by atoms with Gasteiger partial charge in [0.15, 0.2) is 0 Å². The quantitative estimate of drug-likeness (QED) is 0.677. The molecule has 0 aromatic carbocycles. The number of carbonyl (C=O) groups excluding carboxylic acids is 1. The third-order valence-electron chi connectivity index (χ3n) is 2.39. The number of ether oxygens (including phenoxy) is 2. The van der Waals surface area contributed by atoms with Gasteiger partial charge in [0, 0.05) is 13.1 Å². The van der Waals surface area contributed by atoms with Gasteiger partial charge in [-0.3, -0.25) is 0 Å². The molecule has 6 nitrogen and oxygen atoms in total. The Balaban J connectivity index is 2.66. The molecule has 100 valence electrons. The van der Waals surface area contributed by atoms with Crippen LogP contribution < -0.4 is 5.73 Å². The largest absolute Gasteiger partial charge is 0.444 e. The van der Waals surface area contributed by atoms with Gasteiger partial charge in [-0.05, 0) is 20.8 Å². The van der Waals surface area contributed by atoms with Crippen molar-refractivity contribution in [3.63, 3.8) is 0 Å². The molecule has 1 heterocycles. The number of hydrogen-bond donors (Lipinski definition) is 2. The average molecular weight is 246 g/mol. The van der Waals surface area contributed by atoms with Crippen molar-refractivity contribution in [3.05, 3.63) is 0 Å². The SMILES string of the molecule is CC(C)(C)OC(=O)N1CCOCC(O)(CN)C1. The number of rotatable bonds is 1. The van der Waals surface area contributed by atoms with E-state index in [1.54, 1.807) is 20.8 Å². The highest BCUT2D eigenvalue weighted by Crippen LogP contribution is 2.15. The van der Waals surface area contributed by atoms with E-state index in [0.29, 0.717) is 13.2 Å². The van der Waals surface area contributed by atoms with Gasteiger partial charge in [-0.25, -0.2) is 4.79 Å². The van der Waals surface area contributed by atoms with Crippen LogP contribution in [0.3, 0.4) is 0 Å². The molecule has 1 unspecified atom stereocenters. The molecule has 0 radical (unpaired) electrons. The highest BCUT2D eigenvalue weighted by atomic mass is 16.6. The number of carbonyl (C=O) groups is 1. The lowest BCUT2D eigenvalue weighted by Gasteiger charge is -2.31. The van der Waals surface area contributed by atoms with Crippen molar-refractivity contribution >= 4 is 6.09 Å². The summed E-state index contributed by atoms with van der Waals surface area (Å²) in [5.41, 5.74) is 3.75. The molecule has 0 saturated carbocycles. The third kappa shape index (κ3) is 4.49. The lowest BCUT2D eigenvalue weighted by molar-refractivity contribution is -0.0334. The summed E-state index contributed by atoms with van der Waals surface area (Å²) in [5, 5.41) is 10.1. The lowest BCUT2D eigenvalue weighted by Crippen LogP contribution is -2.51. The molecule has 1 aliphatic rings. The van der Waals surface area contributed by atoms with E-state index in [4.69, 9.17) is 15.2 Å². The second-order valence-corrected chi connectivity index (χ2v) is 5.38. The molecular formula is C11H22N2O4. The number of nitrogens with zero attached hydrogens (tertiary/aromatic N) is 1. The van der Waals surface area contributed by atoms with E-state index >= 15 is 0 Å². The van der Waals surface area contributed by atoms with Crippen LogP contribution in [0.5, 0.6) is 0 Å². The van der Waals surface area contributed by atoms with Crippen LogP contribution in [0.15, 0.2) is 0 Å². The molecule has 1 atom stereocenters. The predicted octanol–water partition coefficient (Wildman–Crippen LogP) is -0.0565. The van der Waals surface area contributed by atoms with Crippen LogP contribution in [0.1, 0.15) is 20.8 Å². The van der Waals surface area contributed by atoms with Crippen LogP contribution in [0.25, 0.3) is 0 Å². The van der Waals surface area contributed by atoms with Crippen LogP contribution >= 0.6 is 0 Å². The smallest absolute Gasteiger partial charge is 0.410 e. The molecule has 3 N–H and O–H groups in total. The van der Waals surface area contributed by atoms with Crippen molar-refractivity contribution in [2.75, 3.05) is 32.8 Å². The summed E-state index contributed by atoms with van der Waals surface area (Å²) in [7, 11) is 0. The van der Waals surface area contributed by atoms with E-state index in [1.807, 2.05) is 0 Å². The number of aliphatic hydroxyl groups is 1. The molecule has 0 aromatic heterocycles. The Kier molecular flexibility index (Phi) is 4.35. The summed E-state index contributed by atoms with van der Waals surface area (Å²) in [5.74, 6) is 0. The normalized spacial score (nSPS) is 26.5. The molecule has 1 amide bonds. The maximum atomic E-state index is 11.9. The number of amides is 1. The molecule has 1 rings (SSSR count). The Labute approximate surface area is 102 Å². The summed E-state index contributed by atoms with van der Waals surface area (Å²) in [4.78, 5) is 13.3. The molecule has 0 spiro atoms. The summed E-state index contributed by atoms with van der Waals surface area (Å²) in [6.07, 6.45) is -0.449. The summed E-state index contributed by atoms with van der Waals surface area (Å²) < 4.78 is 10.5. The van der Waals surface area contributed by atoms with Gasteiger partial charge in [0.05, 0.1) is 19.8 Å². The van der Waals surface area contributed by atoms with Crippen molar-refractivity contribution < 1.29 is 19.4 Å². The zero-order valence-corrected chi connectivity index (χ0v) is 10.7. The highest BCUT2D eigenvalue weighted by molar-refractivity contribution is 5.68. The molecular weight excluding hydrogens is 224 g/mol. The van der Waals surface area contributed by atoms with Gasteiger partial charge < -0.3 is 25.2 Å². The minimum atomic E-state index is -1.19. The summed E-state index contributed by atoms with van der Waals surface area (Å²) in [6, 6.07) is 0. The van der Waals surface area contributed by atoms with Crippen LogP contribution in [-0.4, -0.2) is 60.1 Å². The highest BCUT2D eigenvalue weighted by Gasteiger charge is 2.34. The fraction of sp³-hybridized carbons (Fsp3) is 0.909. The fourth-order valence-electron chi connectivity index (χ4n) is 1.52. The van der Waals surface area contributed by atoms with E-state index in [9.17, 15) is 9.90 Å². The van der Waals surface area contributed by atoms with E-state index in [0.717, 1.165) is 0 Å². The van der Waals surface area contributed by atoms with Crippen LogP contribution in [0.4, 0.5) is 4.79 Å². The van der Waals surface area contributed by atoms with Crippen molar-refractivity contribution in [1.82, 2.24) is 4.90 Å². The van der Waals surface area contributed by atoms with Gasteiger partial charge in [0.1, 0.15) is 11.2 Å². The Morgan fingerprint density at radius 3 is 2.76 bits per heavy atom.